The van der Waals surface area contributed by atoms with E-state index in [2.05, 4.69) is 34.2 Å². The van der Waals surface area contributed by atoms with E-state index in [9.17, 15) is 4.79 Å². The first-order valence-corrected chi connectivity index (χ1v) is 10.5. The van der Waals surface area contributed by atoms with Crippen molar-refractivity contribution in [3.05, 3.63) is 35.4 Å². The molecule has 1 amide bonds. The molecular formula is C22H35N3O. The van der Waals surface area contributed by atoms with Crippen molar-refractivity contribution in [2.24, 2.45) is 5.92 Å². The van der Waals surface area contributed by atoms with Gasteiger partial charge < -0.3 is 10.2 Å². The van der Waals surface area contributed by atoms with Gasteiger partial charge in [0.1, 0.15) is 0 Å². The lowest BCUT2D eigenvalue weighted by atomic mass is 9.99. The number of nitrogens with zero attached hydrogens (tertiary/aromatic N) is 2. The van der Waals surface area contributed by atoms with Gasteiger partial charge in [0.05, 0.1) is 0 Å². The van der Waals surface area contributed by atoms with E-state index in [1.54, 1.807) is 0 Å². The summed E-state index contributed by atoms with van der Waals surface area (Å²) in [4.78, 5) is 17.3. The van der Waals surface area contributed by atoms with Crippen LogP contribution in [0.3, 0.4) is 0 Å². The van der Waals surface area contributed by atoms with E-state index in [1.165, 1.54) is 63.8 Å². The van der Waals surface area contributed by atoms with Crippen LogP contribution in [0.15, 0.2) is 24.3 Å². The maximum Gasteiger partial charge on any atom is 0.251 e. The molecule has 0 saturated carbocycles. The third-order valence-corrected chi connectivity index (χ3v) is 5.88. The summed E-state index contributed by atoms with van der Waals surface area (Å²) in [6, 6.07) is 8.16. The summed E-state index contributed by atoms with van der Waals surface area (Å²) in [5, 5.41) is 3.07. The van der Waals surface area contributed by atoms with E-state index in [-0.39, 0.29) is 5.91 Å². The lowest BCUT2D eigenvalue weighted by Crippen LogP contribution is -2.35. The Morgan fingerprint density at radius 2 is 1.69 bits per heavy atom. The zero-order valence-electron chi connectivity index (χ0n) is 16.4. The molecular weight excluding hydrogens is 322 g/mol. The monoisotopic (exact) mass is 357 g/mol. The fourth-order valence-electron chi connectivity index (χ4n) is 4.03. The average molecular weight is 358 g/mol. The Hall–Kier alpha value is -1.39. The van der Waals surface area contributed by atoms with Gasteiger partial charge in [-0.15, -0.1) is 0 Å². The van der Waals surface area contributed by atoms with Gasteiger partial charge in [-0.25, -0.2) is 0 Å². The first-order valence-electron chi connectivity index (χ1n) is 10.5. The second kappa shape index (κ2) is 10.1. The molecule has 0 radical (unpaired) electrons. The number of likely N-dealkylation sites (tertiary alicyclic amines) is 2. The number of carbonyl (C=O) groups excluding carboxylic acids is 1. The number of piperidine rings is 2. The van der Waals surface area contributed by atoms with Crippen LogP contribution in [0, 0.1) is 5.92 Å². The number of hydrogen-bond donors (Lipinski definition) is 1. The summed E-state index contributed by atoms with van der Waals surface area (Å²) in [5.74, 6) is 0.936. The second-order valence-electron chi connectivity index (χ2n) is 8.17. The van der Waals surface area contributed by atoms with Crippen LogP contribution in [0.5, 0.6) is 0 Å². The predicted octanol–water partition coefficient (Wildman–Crippen LogP) is 3.52. The highest BCUT2D eigenvalue weighted by Gasteiger charge is 2.15. The molecule has 0 unspecified atom stereocenters. The van der Waals surface area contributed by atoms with E-state index < -0.39 is 0 Å². The van der Waals surface area contributed by atoms with Gasteiger partial charge in [0.2, 0.25) is 0 Å². The van der Waals surface area contributed by atoms with Crippen molar-refractivity contribution in [1.29, 1.82) is 0 Å². The topological polar surface area (TPSA) is 35.6 Å². The molecule has 2 fully saturated rings. The zero-order valence-corrected chi connectivity index (χ0v) is 16.4. The second-order valence-corrected chi connectivity index (χ2v) is 8.17. The van der Waals surface area contributed by atoms with Gasteiger partial charge in [0.25, 0.3) is 5.91 Å². The number of carbonyl (C=O) groups is 1. The SMILES string of the molecule is CC1CCN(CCCNC(=O)c2ccc(CN3CCCCC3)cc2)CC1. The van der Waals surface area contributed by atoms with E-state index >= 15 is 0 Å². The normalized spacial score (nSPS) is 20.2. The number of amides is 1. The van der Waals surface area contributed by atoms with Crippen molar-refractivity contribution in [3.8, 4) is 0 Å². The van der Waals surface area contributed by atoms with Crippen LogP contribution >= 0.6 is 0 Å². The van der Waals surface area contributed by atoms with Crippen LogP contribution in [0.4, 0.5) is 0 Å². The molecule has 0 spiro atoms. The largest absolute Gasteiger partial charge is 0.352 e. The predicted molar refractivity (Wildman–Crippen MR) is 107 cm³/mol. The van der Waals surface area contributed by atoms with Crippen molar-refractivity contribution < 1.29 is 4.79 Å². The number of hydrogen-bond acceptors (Lipinski definition) is 3. The molecule has 0 aromatic heterocycles. The molecule has 3 rings (SSSR count). The lowest BCUT2D eigenvalue weighted by molar-refractivity contribution is 0.0950. The van der Waals surface area contributed by atoms with E-state index in [0.29, 0.717) is 0 Å². The van der Waals surface area contributed by atoms with Gasteiger partial charge in [0, 0.05) is 18.7 Å². The summed E-state index contributed by atoms with van der Waals surface area (Å²) in [7, 11) is 0. The standard InChI is InChI=1S/C22H35N3O/c1-19-10-16-24(17-11-19)15-5-12-23-22(26)21-8-6-20(7-9-21)18-25-13-3-2-4-14-25/h6-9,19H,2-5,10-18H2,1H3,(H,23,26). The fraction of sp³-hybridized carbons (Fsp3) is 0.682. The van der Waals surface area contributed by atoms with Crippen molar-refractivity contribution >= 4 is 5.91 Å². The van der Waals surface area contributed by atoms with Crippen molar-refractivity contribution in [1.82, 2.24) is 15.1 Å². The van der Waals surface area contributed by atoms with Crippen LogP contribution in [0.2, 0.25) is 0 Å². The Bertz CT molecular complexity index is 543. The fourth-order valence-corrected chi connectivity index (χ4v) is 4.03. The summed E-state index contributed by atoms with van der Waals surface area (Å²) >= 11 is 0. The highest BCUT2D eigenvalue weighted by atomic mass is 16.1. The number of nitrogens with one attached hydrogen (secondary N) is 1. The Kier molecular flexibility index (Phi) is 7.51. The van der Waals surface area contributed by atoms with Gasteiger partial charge in [-0.1, -0.05) is 25.5 Å². The Morgan fingerprint density at radius 3 is 2.38 bits per heavy atom. The highest BCUT2D eigenvalue weighted by Crippen LogP contribution is 2.16. The van der Waals surface area contributed by atoms with Crippen molar-refractivity contribution in [3.63, 3.8) is 0 Å². The Morgan fingerprint density at radius 1 is 1.00 bits per heavy atom. The summed E-state index contributed by atoms with van der Waals surface area (Å²) in [5.41, 5.74) is 2.09. The van der Waals surface area contributed by atoms with Crippen LogP contribution < -0.4 is 5.32 Å². The maximum absolute atomic E-state index is 12.3. The molecule has 4 heteroatoms. The number of rotatable bonds is 7. The van der Waals surface area contributed by atoms with Crippen LogP contribution in [0.1, 0.15) is 61.4 Å². The molecule has 0 bridgehead atoms. The highest BCUT2D eigenvalue weighted by molar-refractivity contribution is 5.94. The molecule has 1 aromatic rings. The van der Waals surface area contributed by atoms with Gasteiger partial charge in [-0.3, -0.25) is 9.69 Å². The molecule has 4 nitrogen and oxygen atoms in total. The van der Waals surface area contributed by atoms with E-state index in [4.69, 9.17) is 0 Å². The van der Waals surface area contributed by atoms with Gasteiger partial charge in [-0.2, -0.15) is 0 Å². The molecule has 26 heavy (non-hydrogen) atoms. The zero-order chi connectivity index (χ0) is 18.2. The van der Waals surface area contributed by atoms with Crippen LogP contribution in [0.25, 0.3) is 0 Å². The van der Waals surface area contributed by atoms with Crippen LogP contribution in [-0.2, 0) is 6.54 Å². The average Bonchev–Trinajstić information content (AvgIpc) is 2.68. The molecule has 1 aromatic carbocycles. The first-order chi connectivity index (χ1) is 12.7. The Labute approximate surface area is 158 Å². The van der Waals surface area contributed by atoms with E-state index in [0.717, 1.165) is 37.5 Å². The molecule has 0 aliphatic carbocycles. The minimum Gasteiger partial charge on any atom is -0.352 e. The summed E-state index contributed by atoms with van der Waals surface area (Å²) < 4.78 is 0. The molecule has 0 atom stereocenters. The van der Waals surface area contributed by atoms with Crippen molar-refractivity contribution in [2.75, 3.05) is 39.3 Å². The van der Waals surface area contributed by atoms with Crippen molar-refractivity contribution in [2.45, 2.75) is 52.0 Å². The van der Waals surface area contributed by atoms with Gasteiger partial charge in [0.15, 0.2) is 0 Å². The maximum atomic E-state index is 12.3. The van der Waals surface area contributed by atoms with Gasteiger partial charge >= 0.3 is 0 Å². The van der Waals surface area contributed by atoms with Crippen LogP contribution in [-0.4, -0.2) is 55.0 Å². The smallest absolute Gasteiger partial charge is 0.251 e. The van der Waals surface area contributed by atoms with E-state index in [1.807, 2.05) is 12.1 Å². The number of benzene rings is 1. The molecule has 1 N–H and O–H groups in total. The first kappa shape index (κ1) is 19.4. The van der Waals surface area contributed by atoms with Gasteiger partial charge in [-0.05, 0) is 88.4 Å². The summed E-state index contributed by atoms with van der Waals surface area (Å²) in [6.07, 6.45) is 7.67. The lowest BCUT2D eigenvalue weighted by Gasteiger charge is -2.30. The minimum absolute atomic E-state index is 0.0572. The minimum atomic E-state index is 0.0572. The molecule has 144 valence electrons. The third-order valence-electron chi connectivity index (χ3n) is 5.88. The molecule has 2 aliphatic heterocycles. The molecule has 2 aliphatic rings. The quantitative estimate of drug-likeness (QED) is 0.759. The third kappa shape index (κ3) is 6.10. The molecule has 2 heterocycles. The summed E-state index contributed by atoms with van der Waals surface area (Å²) in [6.45, 7) is 10.1. The Balaban J connectivity index is 1.35. The molecule has 2 saturated heterocycles.